The Balaban J connectivity index is 0.818. The fraction of sp³-hybridized carbons (Fsp3) is 0.529. The summed E-state index contributed by atoms with van der Waals surface area (Å²) in [6.07, 6.45) is 8.51. The molecule has 68 heavy (non-hydrogen) atoms. The molecule has 3 aromatic rings. The largest absolute Gasteiger partial charge is 0.393 e. The fourth-order valence-electron chi connectivity index (χ4n) is 10.7. The van der Waals surface area contributed by atoms with Crippen LogP contribution in [0.4, 0.5) is 14.5 Å². The minimum atomic E-state index is -2.76. The van der Waals surface area contributed by atoms with Crippen molar-refractivity contribution in [3.8, 4) is 11.8 Å². The van der Waals surface area contributed by atoms with E-state index < -0.39 is 18.4 Å². The maximum absolute atomic E-state index is 14.6. The minimum Gasteiger partial charge on any atom is -0.393 e. The number of likely N-dealkylation sites (tertiary alicyclic amines) is 2. The molecule has 8 rings (SSSR count). The summed E-state index contributed by atoms with van der Waals surface area (Å²) in [7, 11) is 3.37. The number of nitrogens with zero attached hydrogens (tertiary/aromatic N) is 6. The van der Waals surface area contributed by atoms with Gasteiger partial charge in [0.2, 0.25) is 17.7 Å². The quantitative estimate of drug-likeness (QED) is 0.0501. The number of alkyl halides is 2. The molecule has 1 atom stereocenters. The number of para-hydroxylation sites is 1. The number of imidazole rings is 1. The van der Waals surface area contributed by atoms with Gasteiger partial charge in [-0.25, -0.2) is 13.6 Å². The molecule has 0 spiro atoms. The molecule has 0 aliphatic carbocycles. The van der Waals surface area contributed by atoms with Crippen LogP contribution in [0.15, 0.2) is 52.6 Å². The second-order valence-electron chi connectivity index (χ2n) is 18.9. The molecule has 3 amide bonds. The van der Waals surface area contributed by atoms with E-state index in [1.165, 1.54) is 10.6 Å². The molecular formula is C51H65F2N11O4. The summed E-state index contributed by atoms with van der Waals surface area (Å²) in [4.78, 5) is 59.0. The van der Waals surface area contributed by atoms with Crippen molar-refractivity contribution in [3.63, 3.8) is 0 Å². The number of amidine groups is 1. The van der Waals surface area contributed by atoms with E-state index in [1.54, 1.807) is 42.8 Å². The topological polar surface area (TPSA) is 175 Å². The van der Waals surface area contributed by atoms with E-state index in [4.69, 9.17) is 5.41 Å². The van der Waals surface area contributed by atoms with E-state index in [0.29, 0.717) is 60.3 Å². The number of aromatic nitrogens is 2. The molecule has 5 N–H and O–H groups in total. The standard InChI is InChI=1S/C51H65F2N11O4/c1-33(65)62-27-19-42(41(32-62)49(55)63-22-7-9-36-28-39(37(30-54)31-56-2)40(48(52)53)29-45(36)63)57-38-17-25-61(26-18-38)21-5-4-20-60-23-15-34(16-24-60)11-12-35-8-6-10-43-47(35)59(3)51(68)64(43)44-13-14-46(66)58-50(44)67/h6,8,10,28-31,34,38,44,48,54-57H,4-5,7,9,13-27,32H2,1-3H3,(H,58,66,67)/b37-31+,54-30?,55-49?. The number of unbranched alkanes of at least 4 members (excludes halogenated alkanes) is 1. The number of allylic oxidation sites excluding steroid dienone is 1. The molecule has 3 fully saturated rings. The van der Waals surface area contributed by atoms with Crippen LogP contribution in [0.1, 0.15) is 106 Å². The van der Waals surface area contributed by atoms with Gasteiger partial charge in [-0.2, -0.15) is 0 Å². The van der Waals surface area contributed by atoms with E-state index in [0.717, 1.165) is 113 Å². The zero-order valence-electron chi connectivity index (χ0n) is 39.6. The number of rotatable bonds is 13. The Bertz CT molecular complexity index is 2620. The van der Waals surface area contributed by atoms with Crippen molar-refractivity contribution in [1.82, 2.24) is 39.8 Å². The average Bonchev–Trinajstić information content (AvgIpc) is 3.59. The van der Waals surface area contributed by atoms with Gasteiger partial charge in [0.05, 0.1) is 23.1 Å². The number of hydrogen-bond donors (Lipinski definition) is 5. The smallest absolute Gasteiger partial charge is 0.329 e. The third-order valence-corrected chi connectivity index (χ3v) is 14.5. The first-order chi connectivity index (χ1) is 32.8. The number of amides is 3. The lowest BCUT2D eigenvalue weighted by Gasteiger charge is -2.39. The molecule has 3 saturated heterocycles. The van der Waals surface area contributed by atoms with Gasteiger partial charge >= 0.3 is 5.69 Å². The highest BCUT2D eigenvalue weighted by molar-refractivity contribution is 6.11. The van der Waals surface area contributed by atoms with E-state index >= 15 is 0 Å². The summed E-state index contributed by atoms with van der Waals surface area (Å²) in [5.41, 5.74) is 5.48. The first kappa shape index (κ1) is 48.3. The van der Waals surface area contributed by atoms with Gasteiger partial charge in [-0.15, -0.1) is 0 Å². The van der Waals surface area contributed by atoms with Gasteiger partial charge in [-0.05, 0) is 119 Å². The van der Waals surface area contributed by atoms with E-state index in [9.17, 15) is 33.4 Å². The van der Waals surface area contributed by atoms with Crippen LogP contribution in [-0.4, -0.2) is 126 Å². The van der Waals surface area contributed by atoms with Crippen molar-refractivity contribution in [2.24, 2.45) is 13.0 Å². The van der Waals surface area contributed by atoms with Gasteiger partial charge in [-0.3, -0.25) is 34.2 Å². The molecule has 6 heterocycles. The minimum absolute atomic E-state index is 0.0557. The number of anilines is 1. The van der Waals surface area contributed by atoms with Gasteiger partial charge in [0.1, 0.15) is 11.9 Å². The zero-order valence-corrected chi connectivity index (χ0v) is 39.6. The lowest BCUT2D eigenvalue weighted by atomic mass is 9.91. The molecule has 17 heteroatoms. The summed E-state index contributed by atoms with van der Waals surface area (Å²) in [6, 6.07) is 8.37. The highest BCUT2D eigenvalue weighted by Crippen LogP contribution is 2.38. The SMILES string of the molecule is CN/C=C(\C=N)c1cc2c(cc1C(F)F)N(C(=N)C1=C(NC3CCN(CCCCN4CCC(C#Cc5cccc6c5n(C)c(=O)n6C5CCC(=O)NC5=O)CC4)CC3)CCN(C(C)=O)C1)CCC2. The highest BCUT2D eigenvalue weighted by atomic mass is 19.3. The molecule has 1 unspecified atom stereocenters. The number of imide groups is 1. The van der Waals surface area contributed by atoms with Crippen LogP contribution in [0, 0.1) is 28.6 Å². The average molecular weight is 934 g/mol. The molecule has 362 valence electrons. The van der Waals surface area contributed by atoms with Crippen LogP contribution in [0.3, 0.4) is 0 Å². The first-order valence-corrected chi connectivity index (χ1v) is 24.3. The number of carbonyl (C=O) groups is 3. The van der Waals surface area contributed by atoms with Gasteiger partial charge in [0.15, 0.2) is 0 Å². The molecule has 0 saturated carbocycles. The Morgan fingerprint density at radius 2 is 1.68 bits per heavy atom. The number of halogens is 2. The highest BCUT2D eigenvalue weighted by Gasteiger charge is 2.34. The van der Waals surface area contributed by atoms with Gasteiger partial charge in [-0.1, -0.05) is 17.9 Å². The number of hydrogen-bond acceptors (Lipinski definition) is 10. The van der Waals surface area contributed by atoms with Crippen LogP contribution >= 0.6 is 0 Å². The maximum Gasteiger partial charge on any atom is 0.329 e. The molecule has 0 bridgehead atoms. The molecule has 15 nitrogen and oxygen atoms in total. The van der Waals surface area contributed by atoms with Crippen molar-refractivity contribution >= 4 is 52.1 Å². The van der Waals surface area contributed by atoms with Crippen molar-refractivity contribution in [2.75, 3.05) is 70.9 Å². The van der Waals surface area contributed by atoms with Crippen molar-refractivity contribution in [1.29, 1.82) is 10.8 Å². The van der Waals surface area contributed by atoms with Crippen molar-refractivity contribution in [2.45, 2.75) is 96.1 Å². The summed E-state index contributed by atoms with van der Waals surface area (Å²) in [6.45, 7) is 8.94. The van der Waals surface area contributed by atoms with Crippen LogP contribution in [0.5, 0.6) is 0 Å². The van der Waals surface area contributed by atoms with Crippen LogP contribution in [-0.2, 0) is 27.9 Å². The number of nitrogens with one attached hydrogen (secondary N) is 5. The molecule has 5 aliphatic heterocycles. The monoisotopic (exact) mass is 934 g/mol. The Labute approximate surface area is 397 Å². The van der Waals surface area contributed by atoms with Crippen LogP contribution in [0.2, 0.25) is 0 Å². The van der Waals surface area contributed by atoms with Gasteiger partial charge in [0.25, 0.3) is 6.43 Å². The number of fused-ring (bicyclic) bond motifs is 2. The third-order valence-electron chi connectivity index (χ3n) is 14.5. The lowest BCUT2D eigenvalue weighted by Crippen LogP contribution is -2.48. The predicted molar refractivity (Wildman–Crippen MR) is 261 cm³/mol. The molecule has 1 aromatic heterocycles. The second-order valence-corrected chi connectivity index (χ2v) is 18.9. The predicted octanol–water partition coefficient (Wildman–Crippen LogP) is 5.30. The van der Waals surface area contributed by atoms with Crippen molar-refractivity contribution < 1.29 is 23.2 Å². The first-order valence-electron chi connectivity index (χ1n) is 24.3. The third kappa shape index (κ3) is 10.5. The van der Waals surface area contributed by atoms with E-state index in [-0.39, 0.29) is 53.7 Å². The lowest BCUT2D eigenvalue weighted by molar-refractivity contribution is -0.135. The fourth-order valence-corrected chi connectivity index (χ4v) is 10.7. The van der Waals surface area contributed by atoms with Crippen LogP contribution < -0.4 is 26.5 Å². The summed E-state index contributed by atoms with van der Waals surface area (Å²) < 4.78 is 32.2. The number of piperidine rings is 3. The van der Waals surface area contributed by atoms with Gasteiger partial charge < -0.3 is 35.6 Å². The Kier molecular flexibility index (Phi) is 15.2. The number of aryl methyl sites for hydroxylation is 2. The molecule has 0 radical (unpaired) electrons. The zero-order chi connectivity index (χ0) is 48.1. The second kappa shape index (κ2) is 21.5. The number of carbonyl (C=O) groups excluding carboxylic acids is 3. The normalized spacial score (nSPS) is 20.3. The Morgan fingerprint density at radius 1 is 0.956 bits per heavy atom. The van der Waals surface area contributed by atoms with E-state index in [2.05, 4.69) is 37.6 Å². The van der Waals surface area contributed by atoms with Crippen molar-refractivity contribution in [3.05, 3.63) is 80.5 Å². The number of benzene rings is 2. The molecule has 5 aliphatic rings. The molecular weight excluding hydrogens is 869 g/mol. The Hall–Kier alpha value is -6.12. The summed E-state index contributed by atoms with van der Waals surface area (Å²) >= 11 is 0. The summed E-state index contributed by atoms with van der Waals surface area (Å²) in [5, 5.41) is 26.4. The molecule has 2 aromatic carbocycles. The maximum atomic E-state index is 14.6. The Morgan fingerprint density at radius 3 is 2.34 bits per heavy atom. The summed E-state index contributed by atoms with van der Waals surface area (Å²) in [5.74, 6) is 6.53. The van der Waals surface area contributed by atoms with Gasteiger partial charge in [0, 0.05) is 113 Å². The van der Waals surface area contributed by atoms with Crippen LogP contribution in [0.25, 0.3) is 16.6 Å². The van der Waals surface area contributed by atoms with E-state index in [1.807, 2.05) is 23.1 Å².